The summed E-state index contributed by atoms with van der Waals surface area (Å²) in [5.74, 6) is -1.82. The molecule has 0 unspecified atom stereocenters. The second-order valence-electron chi connectivity index (χ2n) is 8.84. The summed E-state index contributed by atoms with van der Waals surface area (Å²) in [6, 6.07) is 11.2. The molecule has 2 aromatic carbocycles. The average Bonchev–Trinajstić information content (AvgIpc) is 3.41. The number of carbonyl (C=O) groups is 2. The van der Waals surface area contributed by atoms with Crippen LogP contribution in [0.5, 0.6) is 0 Å². The van der Waals surface area contributed by atoms with Crippen molar-refractivity contribution >= 4 is 23.4 Å². The zero-order valence-corrected chi connectivity index (χ0v) is 18.1. The molecule has 8 heteroatoms. The lowest BCUT2D eigenvalue weighted by atomic mass is 9.90. The van der Waals surface area contributed by atoms with Crippen LogP contribution < -0.4 is 0 Å². The molecule has 1 aliphatic carbocycles. The number of rotatable bonds is 4. The minimum Gasteiger partial charge on any atom is -0.478 e. The van der Waals surface area contributed by atoms with Gasteiger partial charge >= 0.3 is 12.1 Å². The summed E-state index contributed by atoms with van der Waals surface area (Å²) in [7, 11) is 0. The highest BCUT2D eigenvalue weighted by Crippen LogP contribution is 2.55. The maximum absolute atomic E-state index is 13.7. The molecule has 1 N–H and O–H groups in total. The second kappa shape index (κ2) is 7.48. The van der Waals surface area contributed by atoms with E-state index in [9.17, 15) is 27.9 Å². The van der Waals surface area contributed by atoms with E-state index in [0.29, 0.717) is 6.54 Å². The van der Waals surface area contributed by atoms with Gasteiger partial charge in [-0.1, -0.05) is 29.8 Å². The highest BCUT2D eigenvalue weighted by Gasteiger charge is 2.46. The van der Waals surface area contributed by atoms with E-state index in [4.69, 9.17) is 11.6 Å². The Balaban J connectivity index is 1.66. The smallest absolute Gasteiger partial charge is 0.417 e. The molecule has 0 saturated heterocycles. The van der Waals surface area contributed by atoms with Crippen LogP contribution in [0, 0.1) is 5.41 Å². The molecule has 1 spiro atoms. The number of carboxylic acid groups (broad SMARTS) is 1. The van der Waals surface area contributed by atoms with E-state index in [1.54, 1.807) is 18.2 Å². The van der Waals surface area contributed by atoms with Crippen LogP contribution in [0.2, 0.25) is 5.02 Å². The molecule has 1 aliphatic heterocycles. The minimum absolute atomic E-state index is 0.132. The monoisotopic (exact) mass is 473 g/mol. The standard InChI is InChI=1S/C25H19ClF3NO3/c26-18-3-1-2-17(25(27,28)29)21(18)22(31)19-12-16(14-4-6-15(7-5-14)23(32)33)20-13-24(8-9-24)10-11-30(19)20/h1-7,12H,8-11,13H2,(H,32,33). The summed E-state index contributed by atoms with van der Waals surface area (Å²) < 4.78 is 42.8. The van der Waals surface area contributed by atoms with Crippen LogP contribution in [0.3, 0.4) is 0 Å². The number of fused-ring (bicyclic) bond motifs is 1. The highest BCUT2D eigenvalue weighted by atomic mass is 35.5. The number of benzene rings is 2. The number of halogens is 4. The Morgan fingerprint density at radius 2 is 1.73 bits per heavy atom. The van der Waals surface area contributed by atoms with E-state index in [0.717, 1.165) is 48.6 Å². The maximum atomic E-state index is 13.7. The van der Waals surface area contributed by atoms with E-state index in [1.165, 1.54) is 24.3 Å². The molecule has 33 heavy (non-hydrogen) atoms. The van der Waals surface area contributed by atoms with E-state index < -0.39 is 29.1 Å². The fourth-order valence-electron chi connectivity index (χ4n) is 4.78. The summed E-state index contributed by atoms with van der Waals surface area (Å²) in [5, 5.41) is 8.94. The zero-order valence-electron chi connectivity index (χ0n) is 17.4. The fourth-order valence-corrected chi connectivity index (χ4v) is 5.04. The van der Waals surface area contributed by atoms with Gasteiger partial charge in [0.25, 0.3) is 0 Å². The van der Waals surface area contributed by atoms with Crippen molar-refractivity contribution in [1.29, 1.82) is 0 Å². The van der Waals surface area contributed by atoms with Crippen LogP contribution in [0.4, 0.5) is 13.2 Å². The van der Waals surface area contributed by atoms with E-state index in [-0.39, 0.29) is 21.7 Å². The lowest BCUT2D eigenvalue weighted by molar-refractivity contribution is -0.137. The van der Waals surface area contributed by atoms with E-state index in [1.807, 2.05) is 4.57 Å². The van der Waals surface area contributed by atoms with Crippen LogP contribution in [-0.2, 0) is 19.1 Å². The predicted octanol–water partition coefficient (Wildman–Crippen LogP) is 6.48. The molecule has 4 nitrogen and oxygen atoms in total. The van der Waals surface area contributed by atoms with Gasteiger partial charge in [0, 0.05) is 17.8 Å². The molecule has 170 valence electrons. The van der Waals surface area contributed by atoms with Crippen LogP contribution in [0.15, 0.2) is 48.5 Å². The van der Waals surface area contributed by atoms with Gasteiger partial charge in [-0.3, -0.25) is 4.79 Å². The Morgan fingerprint density at radius 1 is 1.03 bits per heavy atom. The molecule has 1 fully saturated rings. The summed E-state index contributed by atoms with van der Waals surface area (Å²) >= 11 is 6.10. The van der Waals surface area contributed by atoms with E-state index >= 15 is 0 Å². The first-order valence-corrected chi connectivity index (χ1v) is 10.9. The lowest BCUT2D eigenvalue weighted by Gasteiger charge is -2.26. The Kier molecular flexibility index (Phi) is 4.94. The molecule has 5 rings (SSSR count). The number of aromatic carboxylic acids is 1. The molecule has 2 aliphatic rings. The van der Waals surface area contributed by atoms with Crippen molar-refractivity contribution in [1.82, 2.24) is 4.57 Å². The van der Waals surface area contributed by atoms with Crippen molar-refractivity contribution in [3.8, 4) is 11.1 Å². The number of carbonyl (C=O) groups excluding carboxylic acids is 1. The summed E-state index contributed by atoms with van der Waals surface area (Å²) in [4.78, 5) is 24.7. The van der Waals surface area contributed by atoms with Crippen molar-refractivity contribution in [2.75, 3.05) is 0 Å². The number of ketones is 1. The topological polar surface area (TPSA) is 59.3 Å². The Labute approximate surface area is 192 Å². The maximum Gasteiger partial charge on any atom is 0.417 e. The van der Waals surface area contributed by atoms with E-state index in [2.05, 4.69) is 0 Å². The third-order valence-corrected chi connectivity index (χ3v) is 7.11. The van der Waals surface area contributed by atoms with Crippen LogP contribution in [0.25, 0.3) is 11.1 Å². The Hall–Kier alpha value is -3.06. The van der Waals surface area contributed by atoms with Gasteiger partial charge in [-0.15, -0.1) is 0 Å². The molecule has 2 heterocycles. The third-order valence-electron chi connectivity index (χ3n) is 6.80. The van der Waals surface area contributed by atoms with Gasteiger partial charge in [-0.05, 0) is 67.0 Å². The van der Waals surface area contributed by atoms with Gasteiger partial charge in [-0.2, -0.15) is 13.2 Å². The highest BCUT2D eigenvalue weighted by molar-refractivity contribution is 6.35. The number of nitrogens with zero attached hydrogens (tertiary/aromatic N) is 1. The molecule has 0 bridgehead atoms. The predicted molar refractivity (Wildman–Crippen MR) is 117 cm³/mol. The van der Waals surface area contributed by atoms with Crippen molar-refractivity contribution in [2.45, 2.75) is 38.4 Å². The van der Waals surface area contributed by atoms with Gasteiger partial charge in [0.1, 0.15) is 0 Å². The molecule has 1 aromatic heterocycles. The first-order chi connectivity index (χ1) is 15.6. The average molecular weight is 474 g/mol. The molecule has 0 radical (unpaired) electrons. The van der Waals surface area contributed by atoms with Crippen molar-refractivity contribution in [2.24, 2.45) is 5.41 Å². The second-order valence-corrected chi connectivity index (χ2v) is 9.25. The minimum atomic E-state index is -4.72. The van der Waals surface area contributed by atoms with Gasteiger partial charge < -0.3 is 9.67 Å². The molecule has 3 aromatic rings. The summed E-state index contributed by atoms with van der Waals surface area (Å²) in [5.41, 5.74) is 1.22. The zero-order chi connectivity index (χ0) is 23.5. The summed E-state index contributed by atoms with van der Waals surface area (Å²) in [6.07, 6.45) is -0.962. The van der Waals surface area contributed by atoms with Crippen LogP contribution in [0.1, 0.15) is 56.9 Å². The van der Waals surface area contributed by atoms with Crippen molar-refractivity contribution in [3.63, 3.8) is 0 Å². The molecule has 1 saturated carbocycles. The molecular formula is C25H19ClF3NO3. The number of hydrogen-bond acceptors (Lipinski definition) is 2. The number of hydrogen-bond donors (Lipinski definition) is 1. The van der Waals surface area contributed by atoms with Crippen LogP contribution >= 0.6 is 11.6 Å². The molecule has 0 amide bonds. The van der Waals surface area contributed by atoms with Crippen molar-refractivity contribution < 1.29 is 27.9 Å². The van der Waals surface area contributed by atoms with Gasteiger partial charge in [-0.25, -0.2) is 4.79 Å². The van der Waals surface area contributed by atoms with Gasteiger partial charge in [0.15, 0.2) is 0 Å². The van der Waals surface area contributed by atoms with Gasteiger partial charge in [0.05, 0.1) is 27.4 Å². The first kappa shape index (κ1) is 21.8. The Morgan fingerprint density at radius 3 is 2.33 bits per heavy atom. The lowest BCUT2D eigenvalue weighted by Crippen LogP contribution is -2.24. The molecule has 0 atom stereocenters. The van der Waals surface area contributed by atoms with Gasteiger partial charge in [0.2, 0.25) is 5.78 Å². The SMILES string of the molecule is O=C(O)c1ccc(-c2cc(C(=O)c3c(Cl)cccc3C(F)(F)F)n3c2CC2(CC3)CC2)cc1. The van der Waals surface area contributed by atoms with Crippen LogP contribution in [-0.4, -0.2) is 21.4 Å². The Bertz CT molecular complexity index is 1290. The largest absolute Gasteiger partial charge is 0.478 e. The quantitative estimate of drug-likeness (QED) is 0.441. The summed E-state index contributed by atoms with van der Waals surface area (Å²) in [6.45, 7) is 0.537. The van der Waals surface area contributed by atoms with Crippen molar-refractivity contribution in [3.05, 3.63) is 81.6 Å². The number of alkyl halides is 3. The molecular weight excluding hydrogens is 455 g/mol. The first-order valence-electron chi connectivity index (χ1n) is 10.6. The fraction of sp³-hybridized carbons (Fsp3) is 0.280. The third kappa shape index (κ3) is 3.74. The number of aromatic nitrogens is 1. The number of carboxylic acids is 1. The normalized spacial score (nSPS) is 16.5.